The molecule has 0 saturated carbocycles. The standard InChI is InChI=1S/C18H20FN5O2/c1-20-16(13-9-22-24(2)10-13)17(25)21-8-7-15-11-26-18(23-15)12-3-5-14(19)6-4-12/h3-6,9-11,16,20H,7-8H2,1-2H3,(H,21,25). The molecule has 0 aliphatic rings. The minimum absolute atomic E-state index is 0.136. The van der Waals surface area contributed by atoms with Gasteiger partial charge in [0.25, 0.3) is 0 Å². The van der Waals surface area contributed by atoms with Crippen LogP contribution in [-0.4, -0.2) is 34.3 Å². The fraction of sp³-hybridized carbons (Fsp3) is 0.278. The normalized spacial score (nSPS) is 12.1. The van der Waals surface area contributed by atoms with E-state index in [1.54, 1.807) is 49.6 Å². The summed E-state index contributed by atoms with van der Waals surface area (Å²) in [6.07, 6.45) is 5.53. The van der Waals surface area contributed by atoms with Crippen LogP contribution in [-0.2, 0) is 18.3 Å². The molecular weight excluding hydrogens is 337 g/mol. The highest BCUT2D eigenvalue weighted by atomic mass is 19.1. The zero-order chi connectivity index (χ0) is 18.5. The molecule has 3 rings (SSSR count). The van der Waals surface area contributed by atoms with Gasteiger partial charge in [-0.15, -0.1) is 0 Å². The predicted molar refractivity (Wildman–Crippen MR) is 93.6 cm³/mol. The van der Waals surface area contributed by atoms with Crippen LogP contribution in [0.3, 0.4) is 0 Å². The maximum atomic E-state index is 13.0. The summed E-state index contributed by atoms with van der Waals surface area (Å²) in [6.45, 7) is 0.423. The zero-order valence-electron chi connectivity index (χ0n) is 14.6. The maximum absolute atomic E-state index is 13.0. The molecule has 1 amide bonds. The SMILES string of the molecule is CNC(C(=O)NCCc1coc(-c2ccc(F)cc2)n1)c1cnn(C)c1. The number of carbonyl (C=O) groups excluding carboxylic acids is 1. The van der Waals surface area contributed by atoms with Crippen molar-refractivity contribution in [2.45, 2.75) is 12.5 Å². The van der Waals surface area contributed by atoms with Gasteiger partial charge in [-0.2, -0.15) is 5.10 Å². The molecule has 2 heterocycles. The Hall–Kier alpha value is -3.00. The third kappa shape index (κ3) is 4.15. The van der Waals surface area contributed by atoms with Crippen LogP contribution >= 0.6 is 0 Å². The van der Waals surface area contributed by atoms with Gasteiger partial charge < -0.3 is 15.1 Å². The third-order valence-electron chi connectivity index (χ3n) is 3.93. The first-order chi connectivity index (χ1) is 12.6. The van der Waals surface area contributed by atoms with Gasteiger partial charge in [-0.3, -0.25) is 9.48 Å². The number of halogens is 1. The predicted octanol–water partition coefficient (Wildman–Crippen LogP) is 1.83. The Morgan fingerprint density at radius 1 is 1.35 bits per heavy atom. The average Bonchev–Trinajstić information content (AvgIpc) is 3.26. The number of rotatable bonds is 7. The fourth-order valence-electron chi connectivity index (χ4n) is 2.60. The Morgan fingerprint density at radius 2 is 2.12 bits per heavy atom. The first-order valence-corrected chi connectivity index (χ1v) is 8.20. The molecule has 0 aliphatic heterocycles. The van der Waals surface area contributed by atoms with Gasteiger partial charge in [-0.1, -0.05) is 0 Å². The van der Waals surface area contributed by atoms with Crippen molar-refractivity contribution in [1.29, 1.82) is 0 Å². The van der Waals surface area contributed by atoms with E-state index in [1.807, 2.05) is 0 Å². The van der Waals surface area contributed by atoms with Crippen molar-refractivity contribution in [1.82, 2.24) is 25.4 Å². The van der Waals surface area contributed by atoms with Crippen molar-refractivity contribution in [2.75, 3.05) is 13.6 Å². The van der Waals surface area contributed by atoms with Crippen LogP contribution in [0, 0.1) is 5.82 Å². The van der Waals surface area contributed by atoms with E-state index in [0.29, 0.717) is 30.1 Å². The number of nitrogens with one attached hydrogen (secondary N) is 2. The number of hydrogen-bond acceptors (Lipinski definition) is 5. The quantitative estimate of drug-likeness (QED) is 0.674. The zero-order valence-corrected chi connectivity index (χ0v) is 14.6. The second kappa shape index (κ2) is 7.92. The number of amides is 1. The Kier molecular flexibility index (Phi) is 5.43. The second-order valence-corrected chi connectivity index (χ2v) is 5.86. The van der Waals surface area contributed by atoms with Gasteiger partial charge in [0, 0.05) is 37.3 Å². The van der Waals surface area contributed by atoms with Crippen LogP contribution in [0.4, 0.5) is 4.39 Å². The number of aryl methyl sites for hydroxylation is 1. The molecule has 8 heteroatoms. The summed E-state index contributed by atoms with van der Waals surface area (Å²) < 4.78 is 20.0. The number of carbonyl (C=O) groups is 1. The highest BCUT2D eigenvalue weighted by Crippen LogP contribution is 2.19. The van der Waals surface area contributed by atoms with Crippen LogP contribution in [0.2, 0.25) is 0 Å². The van der Waals surface area contributed by atoms with Crippen molar-refractivity contribution in [3.63, 3.8) is 0 Å². The minimum atomic E-state index is -0.462. The highest BCUT2D eigenvalue weighted by molar-refractivity contribution is 5.83. The van der Waals surface area contributed by atoms with E-state index in [0.717, 1.165) is 5.56 Å². The molecule has 0 radical (unpaired) electrons. The van der Waals surface area contributed by atoms with Gasteiger partial charge >= 0.3 is 0 Å². The number of benzene rings is 1. The van der Waals surface area contributed by atoms with E-state index >= 15 is 0 Å². The number of aromatic nitrogens is 3. The third-order valence-corrected chi connectivity index (χ3v) is 3.93. The first kappa shape index (κ1) is 17.8. The second-order valence-electron chi connectivity index (χ2n) is 5.86. The minimum Gasteiger partial charge on any atom is -0.444 e. The van der Waals surface area contributed by atoms with Crippen molar-refractivity contribution in [2.24, 2.45) is 7.05 Å². The number of oxazole rings is 1. The van der Waals surface area contributed by atoms with Crippen LogP contribution in [0.1, 0.15) is 17.3 Å². The molecule has 2 aromatic heterocycles. The summed E-state index contributed by atoms with van der Waals surface area (Å²) in [6, 6.07) is 5.47. The summed E-state index contributed by atoms with van der Waals surface area (Å²) in [5.74, 6) is -0.0199. The molecule has 26 heavy (non-hydrogen) atoms. The van der Waals surface area contributed by atoms with Gasteiger partial charge in [0.2, 0.25) is 11.8 Å². The van der Waals surface area contributed by atoms with E-state index < -0.39 is 6.04 Å². The molecule has 1 atom stereocenters. The molecule has 0 fully saturated rings. The summed E-state index contributed by atoms with van der Waals surface area (Å²) >= 11 is 0. The lowest BCUT2D eigenvalue weighted by atomic mass is 10.1. The van der Waals surface area contributed by atoms with Gasteiger partial charge in [0.05, 0.1) is 11.9 Å². The van der Waals surface area contributed by atoms with Crippen LogP contribution in [0.25, 0.3) is 11.5 Å². The first-order valence-electron chi connectivity index (χ1n) is 8.20. The van der Waals surface area contributed by atoms with Gasteiger partial charge in [0.1, 0.15) is 18.1 Å². The van der Waals surface area contributed by atoms with Gasteiger partial charge in [-0.25, -0.2) is 9.37 Å². The highest BCUT2D eigenvalue weighted by Gasteiger charge is 2.19. The average molecular weight is 357 g/mol. The number of hydrogen-bond donors (Lipinski definition) is 2. The fourth-order valence-corrected chi connectivity index (χ4v) is 2.60. The van der Waals surface area contributed by atoms with Gasteiger partial charge in [0.15, 0.2) is 0 Å². The van der Waals surface area contributed by atoms with Crippen LogP contribution in [0.5, 0.6) is 0 Å². The molecule has 0 bridgehead atoms. The van der Waals surface area contributed by atoms with Crippen LogP contribution in [0.15, 0.2) is 47.3 Å². The van der Waals surface area contributed by atoms with E-state index in [2.05, 4.69) is 20.7 Å². The smallest absolute Gasteiger partial charge is 0.241 e. The number of nitrogens with zero attached hydrogens (tertiary/aromatic N) is 3. The largest absolute Gasteiger partial charge is 0.444 e. The summed E-state index contributed by atoms with van der Waals surface area (Å²) in [4.78, 5) is 16.7. The van der Waals surface area contributed by atoms with E-state index in [1.165, 1.54) is 12.1 Å². The molecule has 2 N–H and O–H groups in total. The van der Waals surface area contributed by atoms with E-state index in [-0.39, 0.29) is 11.7 Å². The molecule has 3 aromatic rings. The molecule has 0 spiro atoms. The lowest BCUT2D eigenvalue weighted by Gasteiger charge is -2.14. The Balaban J connectivity index is 1.54. The lowest BCUT2D eigenvalue weighted by molar-refractivity contribution is -0.123. The summed E-state index contributed by atoms with van der Waals surface area (Å²) in [5, 5.41) is 9.94. The van der Waals surface area contributed by atoms with Crippen molar-refractivity contribution < 1.29 is 13.6 Å². The van der Waals surface area contributed by atoms with Crippen LogP contribution < -0.4 is 10.6 Å². The molecule has 0 aliphatic carbocycles. The Morgan fingerprint density at radius 3 is 2.77 bits per heavy atom. The van der Waals surface area contributed by atoms with E-state index in [4.69, 9.17) is 4.42 Å². The number of likely N-dealkylation sites (N-methyl/N-ethyl adjacent to an activating group) is 1. The molecule has 7 nitrogen and oxygen atoms in total. The monoisotopic (exact) mass is 357 g/mol. The Bertz CT molecular complexity index is 872. The molecule has 1 aromatic carbocycles. The Labute approximate surface area is 150 Å². The van der Waals surface area contributed by atoms with Gasteiger partial charge in [-0.05, 0) is 31.3 Å². The topological polar surface area (TPSA) is 85.0 Å². The molecule has 0 saturated heterocycles. The van der Waals surface area contributed by atoms with Crippen molar-refractivity contribution in [3.8, 4) is 11.5 Å². The molecular formula is C18H20FN5O2. The lowest BCUT2D eigenvalue weighted by Crippen LogP contribution is -2.36. The maximum Gasteiger partial charge on any atom is 0.241 e. The summed E-state index contributed by atoms with van der Waals surface area (Å²) in [5.41, 5.74) is 2.22. The molecule has 1 unspecified atom stereocenters. The van der Waals surface area contributed by atoms with E-state index in [9.17, 15) is 9.18 Å². The molecule has 136 valence electrons. The van der Waals surface area contributed by atoms with Crippen molar-refractivity contribution in [3.05, 3.63) is 60.0 Å². The summed E-state index contributed by atoms with van der Waals surface area (Å²) in [7, 11) is 3.53. The van der Waals surface area contributed by atoms with Crippen molar-refractivity contribution >= 4 is 5.91 Å².